The Morgan fingerprint density at radius 2 is 2.21 bits per heavy atom. The number of carboxylic acids is 1. The van der Waals surface area contributed by atoms with Crippen LogP contribution in [-0.4, -0.2) is 11.1 Å². The molecule has 1 aromatic carbocycles. The Hall–Kier alpha value is -1.57. The summed E-state index contributed by atoms with van der Waals surface area (Å²) in [7, 11) is 0. The van der Waals surface area contributed by atoms with E-state index in [1.807, 2.05) is 12.1 Å². The van der Waals surface area contributed by atoms with Crippen LogP contribution in [0.15, 0.2) is 30.3 Å². The van der Waals surface area contributed by atoms with Gasteiger partial charge in [-0.3, -0.25) is 0 Å². The van der Waals surface area contributed by atoms with E-state index in [4.69, 9.17) is 5.11 Å². The first-order valence-electron chi connectivity index (χ1n) is 4.76. The van der Waals surface area contributed by atoms with E-state index in [-0.39, 0.29) is 0 Å². The SMILES string of the molecule is O=C(O)/C=C/c1cccc(C2CC2)c1. The summed E-state index contributed by atoms with van der Waals surface area (Å²) in [5.41, 5.74) is 2.30. The van der Waals surface area contributed by atoms with Gasteiger partial charge in [-0.2, -0.15) is 0 Å². The lowest BCUT2D eigenvalue weighted by atomic mass is 10.1. The minimum atomic E-state index is -0.901. The highest BCUT2D eigenvalue weighted by Gasteiger charge is 2.22. The van der Waals surface area contributed by atoms with Crippen molar-refractivity contribution in [2.24, 2.45) is 0 Å². The first kappa shape index (κ1) is 9.00. The van der Waals surface area contributed by atoms with Crippen LogP contribution in [0.4, 0.5) is 0 Å². The van der Waals surface area contributed by atoms with E-state index in [2.05, 4.69) is 12.1 Å². The zero-order chi connectivity index (χ0) is 9.97. The Morgan fingerprint density at radius 3 is 2.86 bits per heavy atom. The maximum absolute atomic E-state index is 10.3. The summed E-state index contributed by atoms with van der Waals surface area (Å²) in [6.07, 6.45) is 5.35. The number of hydrogen-bond donors (Lipinski definition) is 1. The molecule has 0 heterocycles. The molecule has 0 radical (unpaired) electrons. The average Bonchev–Trinajstić information content (AvgIpc) is 2.98. The summed E-state index contributed by atoms with van der Waals surface area (Å²) >= 11 is 0. The molecular formula is C12H12O2. The van der Waals surface area contributed by atoms with E-state index < -0.39 is 5.97 Å². The molecule has 2 nitrogen and oxygen atoms in total. The second kappa shape index (κ2) is 3.66. The number of carbonyl (C=O) groups is 1. The van der Waals surface area contributed by atoms with Gasteiger partial charge in [0.05, 0.1) is 0 Å². The lowest BCUT2D eigenvalue weighted by molar-refractivity contribution is -0.131. The Morgan fingerprint density at radius 1 is 1.43 bits per heavy atom. The van der Waals surface area contributed by atoms with Crippen molar-refractivity contribution < 1.29 is 9.90 Å². The van der Waals surface area contributed by atoms with E-state index in [0.29, 0.717) is 5.92 Å². The summed E-state index contributed by atoms with van der Waals surface area (Å²) in [6, 6.07) is 8.08. The van der Waals surface area contributed by atoms with Crippen LogP contribution in [0.1, 0.15) is 29.9 Å². The van der Waals surface area contributed by atoms with Crippen LogP contribution in [0.2, 0.25) is 0 Å². The quantitative estimate of drug-likeness (QED) is 0.740. The summed E-state index contributed by atoms with van der Waals surface area (Å²) in [5.74, 6) is -0.185. The summed E-state index contributed by atoms with van der Waals surface area (Å²) in [4.78, 5) is 10.3. The fourth-order valence-electron chi connectivity index (χ4n) is 1.50. The minimum absolute atomic E-state index is 0.716. The fourth-order valence-corrected chi connectivity index (χ4v) is 1.50. The zero-order valence-electron chi connectivity index (χ0n) is 7.81. The van der Waals surface area contributed by atoms with E-state index in [1.165, 1.54) is 24.5 Å². The molecule has 0 spiro atoms. The third kappa shape index (κ3) is 2.22. The van der Waals surface area contributed by atoms with E-state index in [1.54, 1.807) is 6.08 Å². The Bertz CT molecular complexity index is 376. The van der Waals surface area contributed by atoms with Gasteiger partial charge in [0.25, 0.3) is 0 Å². The molecule has 0 aromatic heterocycles. The highest BCUT2D eigenvalue weighted by molar-refractivity contribution is 5.85. The van der Waals surface area contributed by atoms with Gasteiger partial charge in [0, 0.05) is 6.08 Å². The van der Waals surface area contributed by atoms with Gasteiger partial charge in [-0.15, -0.1) is 0 Å². The number of aliphatic carboxylic acids is 1. The molecule has 1 aliphatic carbocycles. The zero-order valence-corrected chi connectivity index (χ0v) is 7.81. The molecule has 0 aliphatic heterocycles. The predicted molar refractivity (Wildman–Crippen MR) is 55.1 cm³/mol. The van der Waals surface area contributed by atoms with E-state index in [0.717, 1.165) is 5.56 Å². The molecule has 72 valence electrons. The fraction of sp³-hybridized carbons (Fsp3) is 0.250. The molecule has 1 N–H and O–H groups in total. The number of carboxylic acid groups (broad SMARTS) is 1. The number of hydrogen-bond acceptors (Lipinski definition) is 1. The maximum atomic E-state index is 10.3. The first-order valence-corrected chi connectivity index (χ1v) is 4.76. The monoisotopic (exact) mass is 188 g/mol. The van der Waals surface area contributed by atoms with Crippen molar-refractivity contribution in [3.8, 4) is 0 Å². The second-order valence-corrected chi connectivity index (χ2v) is 3.62. The molecule has 2 heteroatoms. The molecule has 1 fully saturated rings. The largest absolute Gasteiger partial charge is 0.478 e. The van der Waals surface area contributed by atoms with Crippen molar-refractivity contribution in [3.05, 3.63) is 41.5 Å². The first-order chi connectivity index (χ1) is 6.75. The normalized spacial score (nSPS) is 16.0. The van der Waals surface area contributed by atoms with Crippen molar-refractivity contribution in [1.82, 2.24) is 0 Å². The van der Waals surface area contributed by atoms with Crippen molar-refractivity contribution in [2.75, 3.05) is 0 Å². The number of rotatable bonds is 3. The Balaban J connectivity index is 2.17. The van der Waals surface area contributed by atoms with Gasteiger partial charge in [0.2, 0.25) is 0 Å². The Labute approximate surface area is 82.9 Å². The van der Waals surface area contributed by atoms with Crippen LogP contribution in [0.5, 0.6) is 0 Å². The molecule has 0 atom stereocenters. The summed E-state index contributed by atoms with van der Waals surface area (Å²) in [5, 5.41) is 8.48. The van der Waals surface area contributed by atoms with Gasteiger partial charge in [0.15, 0.2) is 0 Å². The average molecular weight is 188 g/mol. The topological polar surface area (TPSA) is 37.3 Å². The smallest absolute Gasteiger partial charge is 0.328 e. The minimum Gasteiger partial charge on any atom is -0.478 e. The van der Waals surface area contributed by atoms with Crippen LogP contribution >= 0.6 is 0 Å². The van der Waals surface area contributed by atoms with Gasteiger partial charge in [-0.1, -0.05) is 24.3 Å². The van der Waals surface area contributed by atoms with E-state index >= 15 is 0 Å². The van der Waals surface area contributed by atoms with Crippen LogP contribution in [0.3, 0.4) is 0 Å². The van der Waals surface area contributed by atoms with E-state index in [9.17, 15) is 4.79 Å². The van der Waals surface area contributed by atoms with Crippen LogP contribution in [0, 0.1) is 0 Å². The van der Waals surface area contributed by atoms with Crippen LogP contribution < -0.4 is 0 Å². The maximum Gasteiger partial charge on any atom is 0.328 e. The van der Waals surface area contributed by atoms with Gasteiger partial charge < -0.3 is 5.11 Å². The Kier molecular flexibility index (Phi) is 2.35. The van der Waals surface area contributed by atoms with Gasteiger partial charge >= 0.3 is 5.97 Å². The molecule has 0 saturated heterocycles. The van der Waals surface area contributed by atoms with Crippen molar-refractivity contribution in [1.29, 1.82) is 0 Å². The molecule has 2 rings (SSSR count). The third-order valence-electron chi connectivity index (χ3n) is 2.38. The van der Waals surface area contributed by atoms with Crippen molar-refractivity contribution in [2.45, 2.75) is 18.8 Å². The second-order valence-electron chi connectivity index (χ2n) is 3.62. The van der Waals surface area contributed by atoms with Gasteiger partial charge in [0.1, 0.15) is 0 Å². The van der Waals surface area contributed by atoms with Crippen molar-refractivity contribution in [3.63, 3.8) is 0 Å². The summed E-state index contributed by atoms with van der Waals surface area (Å²) < 4.78 is 0. The molecule has 1 aliphatic rings. The highest BCUT2D eigenvalue weighted by Crippen LogP contribution is 2.40. The van der Waals surface area contributed by atoms with Crippen LogP contribution in [0.25, 0.3) is 6.08 Å². The molecule has 1 saturated carbocycles. The standard InChI is InChI=1S/C12H12O2/c13-12(14)7-4-9-2-1-3-11(8-9)10-5-6-10/h1-4,7-8,10H,5-6H2,(H,13,14)/b7-4+. The molecule has 14 heavy (non-hydrogen) atoms. The predicted octanol–water partition coefficient (Wildman–Crippen LogP) is 2.66. The summed E-state index contributed by atoms with van der Waals surface area (Å²) in [6.45, 7) is 0. The third-order valence-corrected chi connectivity index (χ3v) is 2.38. The number of benzene rings is 1. The molecule has 1 aromatic rings. The molecule has 0 bridgehead atoms. The van der Waals surface area contributed by atoms with Crippen molar-refractivity contribution >= 4 is 12.0 Å². The lowest BCUT2D eigenvalue weighted by Gasteiger charge is -1.98. The van der Waals surface area contributed by atoms with Gasteiger partial charge in [-0.25, -0.2) is 4.79 Å². The lowest BCUT2D eigenvalue weighted by Crippen LogP contribution is -1.86. The molecular weight excluding hydrogens is 176 g/mol. The van der Waals surface area contributed by atoms with Crippen LogP contribution in [-0.2, 0) is 4.79 Å². The highest BCUT2D eigenvalue weighted by atomic mass is 16.4. The molecule has 0 amide bonds. The van der Waals surface area contributed by atoms with Gasteiger partial charge in [-0.05, 0) is 36.0 Å². The molecule has 0 unspecified atom stereocenters.